The molecule has 0 amide bonds. The van der Waals surface area contributed by atoms with E-state index in [2.05, 4.69) is 72.0 Å². The van der Waals surface area contributed by atoms with Crippen LogP contribution in [0.3, 0.4) is 0 Å². The first kappa shape index (κ1) is 33.3. The summed E-state index contributed by atoms with van der Waals surface area (Å²) in [5.41, 5.74) is 0. The summed E-state index contributed by atoms with van der Waals surface area (Å²) in [5.74, 6) is 24.4. The maximum absolute atomic E-state index is 12.0. The van der Waals surface area contributed by atoms with Crippen molar-refractivity contribution in [1.29, 1.82) is 0 Å². The van der Waals surface area contributed by atoms with Crippen LogP contribution in [0.5, 0.6) is 0 Å². The molecule has 5 heteroatoms. The van der Waals surface area contributed by atoms with E-state index in [0.29, 0.717) is 0 Å². The van der Waals surface area contributed by atoms with Crippen molar-refractivity contribution in [1.82, 2.24) is 0 Å². The Bertz CT molecular complexity index is 1010. The molecule has 0 heterocycles. The van der Waals surface area contributed by atoms with E-state index < -0.39 is 24.6 Å². The van der Waals surface area contributed by atoms with Gasteiger partial charge in [0.2, 0.25) is 0 Å². The van der Waals surface area contributed by atoms with Gasteiger partial charge in [-0.25, -0.2) is 4.79 Å². The van der Waals surface area contributed by atoms with Crippen LogP contribution in [0.1, 0.15) is 96.8 Å². The molecule has 0 fully saturated rings. The SMILES string of the molecule is C#CC#CC#CC#CC#CC#CC(=O)OC[C@@H](CO)OC(=O)CCCCCCCCCCCCCCC. The predicted octanol–water partition coefficient (Wildman–Crippen LogP) is 4.57. The summed E-state index contributed by atoms with van der Waals surface area (Å²) in [4.78, 5) is 23.6. The van der Waals surface area contributed by atoms with Crippen LogP contribution in [0.2, 0.25) is 0 Å². The maximum Gasteiger partial charge on any atom is 0.385 e. The second kappa shape index (κ2) is 26.9. The number of ether oxygens (including phenoxy) is 2. The average molecular weight is 503 g/mol. The number of terminal acetylenes is 1. The minimum absolute atomic E-state index is 0.277. The number of rotatable bonds is 18. The molecule has 0 unspecified atom stereocenters. The first-order valence-electron chi connectivity index (χ1n) is 13.1. The molecule has 0 aliphatic carbocycles. The monoisotopic (exact) mass is 502 g/mol. The molecule has 0 rings (SSSR count). The minimum atomic E-state index is -0.923. The maximum atomic E-state index is 12.0. The first-order valence-corrected chi connectivity index (χ1v) is 13.1. The molecule has 37 heavy (non-hydrogen) atoms. The lowest BCUT2D eigenvalue weighted by Gasteiger charge is -2.14. The van der Waals surface area contributed by atoms with Gasteiger partial charge in [0.15, 0.2) is 6.10 Å². The van der Waals surface area contributed by atoms with Crippen molar-refractivity contribution in [2.45, 2.75) is 103 Å². The zero-order chi connectivity index (χ0) is 27.2. The number of carbonyl (C=O) groups excluding carboxylic acids is 2. The van der Waals surface area contributed by atoms with Crippen molar-refractivity contribution in [3.8, 4) is 71.5 Å². The van der Waals surface area contributed by atoms with E-state index in [-0.39, 0.29) is 13.0 Å². The number of esters is 2. The van der Waals surface area contributed by atoms with Gasteiger partial charge < -0.3 is 14.6 Å². The molecule has 196 valence electrons. The largest absolute Gasteiger partial charge is 0.456 e. The van der Waals surface area contributed by atoms with E-state index in [4.69, 9.17) is 15.9 Å². The highest BCUT2D eigenvalue weighted by Crippen LogP contribution is 2.13. The van der Waals surface area contributed by atoms with Gasteiger partial charge in [0.05, 0.1) is 6.61 Å². The molecular formula is C32H38O5. The molecule has 5 nitrogen and oxygen atoms in total. The van der Waals surface area contributed by atoms with Gasteiger partial charge in [-0.15, -0.1) is 6.42 Å². The van der Waals surface area contributed by atoms with Gasteiger partial charge in [0, 0.05) is 12.3 Å². The second-order valence-corrected chi connectivity index (χ2v) is 8.28. The highest BCUT2D eigenvalue weighted by molar-refractivity contribution is 5.89. The Kier molecular flexibility index (Phi) is 24.1. The van der Waals surface area contributed by atoms with Crippen molar-refractivity contribution in [3.63, 3.8) is 0 Å². The third-order valence-corrected chi connectivity index (χ3v) is 5.12. The summed E-state index contributed by atoms with van der Waals surface area (Å²) in [6.45, 7) is 1.51. The highest BCUT2D eigenvalue weighted by atomic mass is 16.6. The molecular weight excluding hydrogens is 464 g/mol. The number of carbonyl (C=O) groups is 2. The third-order valence-electron chi connectivity index (χ3n) is 5.12. The van der Waals surface area contributed by atoms with Crippen molar-refractivity contribution >= 4 is 11.9 Å². The number of aliphatic hydroxyl groups is 1. The van der Waals surface area contributed by atoms with E-state index in [9.17, 15) is 14.7 Å². The van der Waals surface area contributed by atoms with Crippen molar-refractivity contribution in [3.05, 3.63) is 0 Å². The third kappa shape index (κ3) is 25.2. The molecule has 0 saturated carbocycles. The zero-order valence-electron chi connectivity index (χ0n) is 22.0. The minimum Gasteiger partial charge on any atom is -0.456 e. The van der Waals surface area contributed by atoms with Gasteiger partial charge in [-0.2, -0.15) is 0 Å². The number of hydrogen-bond donors (Lipinski definition) is 1. The lowest BCUT2D eigenvalue weighted by molar-refractivity contribution is -0.159. The number of hydrogen-bond acceptors (Lipinski definition) is 5. The molecule has 0 aromatic carbocycles. The predicted molar refractivity (Wildman–Crippen MR) is 146 cm³/mol. The molecule has 0 radical (unpaired) electrons. The van der Waals surface area contributed by atoms with Crippen LogP contribution < -0.4 is 0 Å². The Balaban J connectivity index is 3.91. The summed E-state index contributed by atoms with van der Waals surface area (Å²) in [7, 11) is 0. The molecule has 1 N–H and O–H groups in total. The molecule has 0 aliphatic rings. The van der Waals surface area contributed by atoms with Gasteiger partial charge in [-0.05, 0) is 65.6 Å². The Morgan fingerprint density at radius 2 is 1.16 bits per heavy atom. The summed E-state index contributed by atoms with van der Waals surface area (Å²) in [5, 5.41) is 9.37. The van der Waals surface area contributed by atoms with Gasteiger partial charge in [-0.3, -0.25) is 4.79 Å². The van der Waals surface area contributed by atoms with Crippen LogP contribution in [0, 0.1) is 71.5 Å². The second-order valence-electron chi connectivity index (χ2n) is 8.28. The fourth-order valence-electron chi connectivity index (χ4n) is 3.20. The lowest BCUT2D eigenvalue weighted by Crippen LogP contribution is -2.28. The molecule has 1 atom stereocenters. The van der Waals surface area contributed by atoms with Crippen LogP contribution in [-0.2, 0) is 19.1 Å². The van der Waals surface area contributed by atoms with Crippen molar-refractivity contribution < 1.29 is 24.2 Å². The Morgan fingerprint density at radius 3 is 1.65 bits per heavy atom. The van der Waals surface area contributed by atoms with Crippen LogP contribution in [0.25, 0.3) is 0 Å². The Labute approximate surface area is 223 Å². The van der Waals surface area contributed by atoms with E-state index >= 15 is 0 Å². The average Bonchev–Trinajstić information content (AvgIpc) is 2.90. The summed E-state index contributed by atoms with van der Waals surface area (Å²) < 4.78 is 10.1. The summed E-state index contributed by atoms with van der Waals surface area (Å²) >= 11 is 0. The number of unbranched alkanes of at least 4 members (excludes halogenated alkanes) is 12. The lowest BCUT2D eigenvalue weighted by atomic mass is 10.0. The normalized spacial score (nSPS) is 9.54. The summed E-state index contributed by atoms with van der Waals surface area (Å²) in [6.07, 6.45) is 20.2. The van der Waals surface area contributed by atoms with Gasteiger partial charge in [-0.1, -0.05) is 84.0 Å². The van der Waals surface area contributed by atoms with Crippen LogP contribution in [0.4, 0.5) is 0 Å². The van der Waals surface area contributed by atoms with Crippen molar-refractivity contribution in [2.75, 3.05) is 13.2 Å². The van der Waals surface area contributed by atoms with E-state index in [1.54, 1.807) is 0 Å². The molecule has 0 aliphatic heterocycles. The molecule has 0 saturated heterocycles. The zero-order valence-corrected chi connectivity index (χ0v) is 22.0. The molecule has 0 aromatic rings. The topological polar surface area (TPSA) is 72.8 Å². The van der Waals surface area contributed by atoms with Crippen LogP contribution in [-0.4, -0.2) is 36.4 Å². The summed E-state index contributed by atoms with van der Waals surface area (Å²) in [6, 6.07) is 0. The molecule has 0 bridgehead atoms. The van der Waals surface area contributed by atoms with E-state index in [1.165, 1.54) is 64.2 Å². The van der Waals surface area contributed by atoms with Gasteiger partial charge in [0.25, 0.3) is 0 Å². The Hall–Kier alpha value is -3.74. The smallest absolute Gasteiger partial charge is 0.385 e. The highest BCUT2D eigenvalue weighted by Gasteiger charge is 2.15. The number of aliphatic hydroxyl groups excluding tert-OH is 1. The molecule has 0 spiro atoms. The van der Waals surface area contributed by atoms with Gasteiger partial charge in [0.1, 0.15) is 6.61 Å². The van der Waals surface area contributed by atoms with Gasteiger partial charge >= 0.3 is 11.9 Å². The van der Waals surface area contributed by atoms with Crippen molar-refractivity contribution in [2.24, 2.45) is 0 Å². The first-order chi connectivity index (χ1) is 18.1. The fourth-order valence-corrected chi connectivity index (χ4v) is 3.20. The fraction of sp³-hybridized carbons (Fsp3) is 0.562. The van der Waals surface area contributed by atoms with Crippen LogP contribution >= 0.6 is 0 Å². The van der Waals surface area contributed by atoms with E-state index in [1.807, 2.05) is 0 Å². The quantitative estimate of drug-likeness (QED) is 0.129. The van der Waals surface area contributed by atoms with Crippen LogP contribution in [0.15, 0.2) is 0 Å². The standard InChI is InChI=1S/C32H38O5/c1-3-5-7-9-11-13-15-16-17-19-21-23-25-27-32(35)37-30(28-33)29-36-31(34)26-24-22-20-18-14-12-10-8-6-4-2/h2,30,33H,3,5,7,9,11,13,15-17,19,21,23,25,27-29H2,1H3/t30-/m1/s1. The van der Waals surface area contributed by atoms with E-state index in [0.717, 1.165) is 19.3 Å². The Morgan fingerprint density at radius 1 is 0.703 bits per heavy atom. The molecule has 0 aromatic heterocycles.